The van der Waals surface area contributed by atoms with Gasteiger partial charge < -0.3 is 4.74 Å². The Bertz CT molecular complexity index is 406. The first kappa shape index (κ1) is 10.2. The van der Waals surface area contributed by atoms with Gasteiger partial charge in [-0.2, -0.15) is 0 Å². The molecule has 0 bridgehead atoms. The first-order chi connectivity index (χ1) is 6.72. The first-order valence-corrected chi connectivity index (χ1v) is 4.09. The summed E-state index contributed by atoms with van der Waals surface area (Å²) >= 11 is 0. The van der Waals surface area contributed by atoms with E-state index in [0.717, 1.165) is 11.1 Å². The average molecular weight is 189 g/mol. The van der Waals surface area contributed by atoms with Crippen LogP contribution in [0.4, 0.5) is 5.69 Å². The van der Waals surface area contributed by atoms with Crippen LogP contribution in [0.5, 0.6) is 5.75 Å². The van der Waals surface area contributed by atoms with Crippen LogP contribution in [-0.4, -0.2) is 7.11 Å². The molecule has 0 saturated heterocycles. The van der Waals surface area contributed by atoms with Crippen molar-refractivity contribution in [3.05, 3.63) is 40.3 Å². The summed E-state index contributed by atoms with van der Waals surface area (Å²) in [4.78, 5) is 2.75. The number of hydrogen-bond donors (Lipinski definition) is 0. The van der Waals surface area contributed by atoms with E-state index in [-0.39, 0.29) is 0 Å². The highest BCUT2D eigenvalue weighted by molar-refractivity contribution is 5.69. The molecular formula is C10H11N3O. The summed E-state index contributed by atoms with van der Waals surface area (Å²) < 4.78 is 5.15. The van der Waals surface area contributed by atoms with E-state index in [4.69, 9.17) is 10.3 Å². The van der Waals surface area contributed by atoms with Crippen molar-refractivity contribution in [3.63, 3.8) is 0 Å². The van der Waals surface area contributed by atoms with E-state index in [2.05, 4.69) is 16.6 Å². The molecule has 14 heavy (non-hydrogen) atoms. The molecule has 72 valence electrons. The molecule has 4 nitrogen and oxygen atoms in total. The summed E-state index contributed by atoms with van der Waals surface area (Å²) in [6.45, 7) is 5.56. The second-order valence-electron chi connectivity index (χ2n) is 2.79. The van der Waals surface area contributed by atoms with Crippen LogP contribution in [-0.2, 0) is 0 Å². The Morgan fingerprint density at radius 2 is 2.29 bits per heavy atom. The van der Waals surface area contributed by atoms with E-state index in [1.807, 2.05) is 13.0 Å². The lowest BCUT2D eigenvalue weighted by Gasteiger charge is -2.08. The number of rotatable bonds is 3. The fourth-order valence-electron chi connectivity index (χ4n) is 1.25. The third-order valence-corrected chi connectivity index (χ3v) is 1.84. The van der Waals surface area contributed by atoms with Crippen molar-refractivity contribution in [2.75, 3.05) is 7.11 Å². The van der Waals surface area contributed by atoms with Crippen LogP contribution in [0.2, 0.25) is 0 Å². The van der Waals surface area contributed by atoms with E-state index >= 15 is 0 Å². The molecule has 0 N–H and O–H groups in total. The highest BCUT2D eigenvalue weighted by Gasteiger charge is 2.05. The Morgan fingerprint density at radius 1 is 1.57 bits per heavy atom. The lowest BCUT2D eigenvalue weighted by molar-refractivity contribution is 0.413. The van der Waals surface area contributed by atoms with Crippen molar-refractivity contribution in [2.24, 2.45) is 5.11 Å². The Morgan fingerprint density at radius 3 is 2.79 bits per heavy atom. The van der Waals surface area contributed by atoms with Gasteiger partial charge in [0.05, 0.1) is 7.11 Å². The lowest BCUT2D eigenvalue weighted by Crippen LogP contribution is -1.88. The second kappa shape index (κ2) is 4.35. The molecule has 0 aromatic heterocycles. The van der Waals surface area contributed by atoms with Crippen LogP contribution in [0.3, 0.4) is 0 Å². The molecule has 0 spiro atoms. The zero-order chi connectivity index (χ0) is 10.6. The van der Waals surface area contributed by atoms with E-state index in [0.29, 0.717) is 11.4 Å². The van der Waals surface area contributed by atoms with Gasteiger partial charge in [-0.1, -0.05) is 17.8 Å². The molecule has 0 unspecified atom stereocenters. The molecule has 1 rings (SSSR count). The zero-order valence-corrected chi connectivity index (χ0v) is 8.19. The van der Waals surface area contributed by atoms with Gasteiger partial charge in [0.2, 0.25) is 0 Å². The molecule has 0 saturated carbocycles. The molecule has 0 aliphatic heterocycles. The van der Waals surface area contributed by atoms with Crippen molar-refractivity contribution in [3.8, 4) is 5.75 Å². The Hall–Kier alpha value is -1.93. The van der Waals surface area contributed by atoms with E-state index in [1.165, 1.54) is 0 Å². The number of ether oxygens (including phenoxy) is 1. The molecule has 4 heteroatoms. The largest absolute Gasteiger partial charge is 0.496 e. The minimum Gasteiger partial charge on any atom is -0.496 e. The van der Waals surface area contributed by atoms with Crippen LogP contribution in [0.25, 0.3) is 16.5 Å². The number of azide groups is 1. The number of methoxy groups -OCH3 is 1. The predicted octanol–water partition coefficient (Wildman–Crippen LogP) is 3.59. The Balaban J connectivity index is 3.46. The van der Waals surface area contributed by atoms with Crippen LogP contribution in [0, 0.1) is 6.92 Å². The van der Waals surface area contributed by atoms with Crippen LogP contribution < -0.4 is 4.74 Å². The normalized spacial score (nSPS) is 9.00. The van der Waals surface area contributed by atoms with Crippen molar-refractivity contribution >= 4 is 11.8 Å². The molecule has 0 aliphatic rings. The molecule has 0 amide bonds. The maximum atomic E-state index is 8.38. The smallest absolute Gasteiger partial charge is 0.126 e. The summed E-state index contributed by atoms with van der Waals surface area (Å²) in [5.74, 6) is 0.669. The van der Waals surface area contributed by atoms with Crippen molar-refractivity contribution < 1.29 is 4.74 Å². The number of benzene rings is 1. The minimum atomic E-state index is 0.541. The van der Waals surface area contributed by atoms with E-state index in [9.17, 15) is 0 Å². The standard InChI is InChI=1S/C10H11N3O/c1-4-8-9(12-13-11)5-7(2)6-10(8)14-3/h4-6H,1H2,2-3H3. The van der Waals surface area contributed by atoms with Crippen molar-refractivity contribution in [1.82, 2.24) is 0 Å². The first-order valence-electron chi connectivity index (χ1n) is 4.09. The SMILES string of the molecule is C=Cc1c(N=[N+]=[N-])cc(C)cc1OC. The van der Waals surface area contributed by atoms with Gasteiger partial charge in [-0.15, -0.1) is 0 Å². The quantitative estimate of drug-likeness (QED) is 0.407. The van der Waals surface area contributed by atoms with Gasteiger partial charge >= 0.3 is 0 Å². The molecule has 1 aromatic carbocycles. The van der Waals surface area contributed by atoms with Crippen molar-refractivity contribution in [2.45, 2.75) is 6.92 Å². The number of aryl methyl sites for hydroxylation is 1. The topological polar surface area (TPSA) is 58.0 Å². The molecule has 0 atom stereocenters. The maximum Gasteiger partial charge on any atom is 0.126 e. The van der Waals surface area contributed by atoms with Gasteiger partial charge in [0.15, 0.2) is 0 Å². The second-order valence-corrected chi connectivity index (χ2v) is 2.79. The Kier molecular flexibility index (Phi) is 3.15. The van der Waals surface area contributed by atoms with Crippen LogP contribution in [0.1, 0.15) is 11.1 Å². The number of hydrogen-bond acceptors (Lipinski definition) is 2. The molecular weight excluding hydrogens is 178 g/mol. The monoisotopic (exact) mass is 189 g/mol. The van der Waals surface area contributed by atoms with Crippen LogP contribution in [0.15, 0.2) is 23.8 Å². The molecule has 0 fully saturated rings. The predicted molar refractivity (Wildman–Crippen MR) is 56.6 cm³/mol. The van der Waals surface area contributed by atoms with Gasteiger partial charge in [0, 0.05) is 16.2 Å². The van der Waals surface area contributed by atoms with E-state index < -0.39 is 0 Å². The minimum absolute atomic E-state index is 0.541. The van der Waals surface area contributed by atoms with Crippen molar-refractivity contribution in [1.29, 1.82) is 0 Å². The van der Waals surface area contributed by atoms with Gasteiger partial charge in [-0.3, -0.25) is 0 Å². The average Bonchev–Trinajstić information content (AvgIpc) is 2.17. The Labute approximate surface area is 82.4 Å². The van der Waals surface area contributed by atoms with Gasteiger partial charge in [0.1, 0.15) is 5.75 Å². The highest BCUT2D eigenvalue weighted by atomic mass is 16.5. The summed E-state index contributed by atoms with van der Waals surface area (Å²) in [6, 6.07) is 3.66. The van der Waals surface area contributed by atoms with E-state index in [1.54, 1.807) is 19.3 Å². The lowest BCUT2D eigenvalue weighted by atomic mass is 10.1. The highest BCUT2D eigenvalue weighted by Crippen LogP contribution is 2.31. The summed E-state index contributed by atoms with van der Waals surface area (Å²) in [5, 5.41) is 3.58. The van der Waals surface area contributed by atoms with Gasteiger partial charge in [0.25, 0.3) is 0 Å². The fraction of sp³-hybridized carbons (Fsp3) is 0.200. The fourth-order valence-corrected chi connectivity index (χ4v) is 1.25. The summed E-state index contributed by atoms with van der Waals surface area (Å²) in [6.07, 6.45) is 1.61. The summed E-state index contributed by atoms with van der Waals surface area (Å²) in [7, 11) is 1.57. The molecule has 0 heterocycles. The molecule has 0 aliphatic carbocycles. The molecule has 1 aromatic rings. The van der Waals surface area contributed by atoms with Gasteiger partial charge in [-0.25, -0.2) is 0 Å². The third-order valence-electron chi connectivity index (χ3n) is 1.84. The molecule has 0 radical (unpaired) electrons. The maximum absolute atomic E-state index is 8.38. The van der Waals surface area contributed by atoms with Gasteiger partial charge in [-0.05, 0) is 30.2 Å². The van der Waals surface area contributed by atoms with Crippen LogP contribution >= 0.6 is 0 Å². The number of nitrogens with zero attached hydrogens (tertiary/aromatic N) is 3. The summed E-state index contributed by atoms with van der Waals surface area (Å²) in [5.41, 5.74) is 10.6. The zero-order valence-electron chi connectivity index (χ0n) is 8.19. The third kappa shape index (κ3) is 1.87.